The molecule has 0 saturated carbocycles. The third-order valence-corrected chi connectivity index (χ3v) is 5.15. The van der Waals surface area contributed by atoms with Crippen molar-refractivity contribution in [2.24, 2.45) is 5.92 Å². The second-order valence-corrected chi connectivity index (χ2v) is 6.91. The van der Waals surface area contributed by atoms with Crippen LogP contribution in [0, 0.1) is 12.8 Å². The zero-order valence-electron chi connectivity index (χ0n) is 14.5. The van der Waals surface area contributed by atoms with Gasteiger partial charge in [-0.2, -0.15) is 0 Å². The number of aryl methyl sites for hydroxylation is 1. The summed E-state index contributed by atoms with van der Waals surface area (Å²) in [5.41, 5.74) is 0.862. The fourth-order valence-electron chi connectivity index (χ4n) is 3.94. The molecule has 7 heteroatoms. The number of hydrogen-bond donors (Lipinski definition) is 0. The SMILES string of the molecule is Cc1cc([C@H]2CCCN2C(=O)[C@H]2CCCN(c3cnccn3)C2)on1. The van der Waals surface area contributed by atoms with Crippen LogP contribution >= 0.6 is 0 Å². The first kappa shape index (κ1) is 16.1. The van der Waals surface area contributed by atoms with Gasteiger partial charge in [0.15, 0.2) is 5.76 Å². The number of nitrogens with zero attached hydrogens (tertiary/aromatic N) is 5. The second kappa shape index (κ2) is 6.82. The zero-order valence-corrected chi connectivity index (χ0v) is 14.5. The molecule has 1 amide bonds. The molecule has 0 aliphatic carbocycles. The van der Waals surface area contributed by atoms with Crippen LogP contribution < -0.4 is 4.90 Å². The van der Waals surface area contributed by atoms with Crippen molar-refractivity contribution in [2.75, 3.05) is 24.5 Å². The maximum absolute atomic E-state index is 13.2. The number of amides is 1. The summed E-state index contributed by atoms with van der Waals surface area (Å²) in [5.74, 6) is 1.89. The van der Waals surface area contributed by atoms with Crippen molar-refractivity contribution in [3.63, 3.8) is 0 Å². The molecule has 0 unspecified atom stereocenters. The van der Waals surface area contributed by atoms with E-state index in [0.29, 0.717) is 6.54 Å². The molecule has 2 atom stereocenters. The largest absolute Gasteiger partial charge is 0.359 e. The van der Waals surface area contributed by atoms with E-state index in [9.17, 15) is 4.79 Å². The van der Waals surface area contributed by atoms with E-state index in [2.05, 4.69) is 20.0 Å². The van der Waals surface area contributed by atoms with Crippen LogP contribution in [0.3, 0.4) is 0 Å². The monoisotopic (exact) mass is 341 g/mol. The molecule has 4 rings (SSSR count). The van der Waals surface area contributed by atoms with Crippen molar-refractivity contribution < 1.29 is 9.32 Å². The maximum atomic E-state index is 13.2. The number of carbonyl (C=O) groups is 1. The molecule has 0 spiro atoms. The molecule has 2 aromatic heterocycles. The Morgan fingerprint density at radius 3 is 2.88 bits per heavy atom. The molecule has 0 radical (unpaired) electrons. The quantitative estimate of drug-likeness (QED) is 0.853. The lowest BCUT2D eigenvalue weighted by atomic mass is 9.96. The van der Waals surface area contributed by atoms with Gasteiger partial charge in [0.2, 0.25) is 5.91 Å². The highest BCUT2D eigenvalue weighted by molar-refractivity contribution is 5.80. The molecule has 25 heavy (non-hydrogen) atoms. The lowest BCUT2D eigenvalue weighted by molar-refractivity contribution is -0.137. The summed E-state index contributed by atoms with van der Waals surface area (Å²) in [7, 11) is 0. The van der Waals surface area contributed by atoms with Crippen LogP contribution in [0.1, 0.15) is 43.2 Å². The molecule has 132 valence electrons. The standard InChI is InChI=1S/C18H23N5O2/c1-13-10-16(25-21-13)15-5-3-9-23(15)18(24)14-4-2-8-22(12-14)17-11-19-6-7-20-17/h6-7,10-11,14-15H,2-5,8-9,12H2,1H3/t14-,15+/m0/s1. The minimum Gasteiger partial charge on any atom is -0.359 e. The van der Waals surface area contributed by atoms with Gasteiger partial charge in [-0.15, -0.1) is 0 Å². The van der Waals surface area contributed by atoms with Crippen molar-refractivity contribution in [2.45, 2.75) is 38.6 Å². The number of piperidine rings is 1. The van der Waals surface area contributed by atoms with Gasteiger partial charge >= 0.3 is 0 Å². The van der Waals surface area contributed by atoms with Crippen molar-refractivity contribution in [3.05, 3.63) is 36.1 Å². The second-order valence-electron chi connectivity index (χ2n) is 6.91. The maximum Gasteiger partial charge on any atom is 0.228 e. The summed E-state index contributed by atoms with van der Waals surface area (Å²) in [5, 5.41) is 3.98. The fourth-order valence-corrected chi connectivity index (χ4v) is 3.94. The first-order valence-corrected chi connectivity index (χ1v) is 8.97. The highest BCUT2D eigenvalue weighted by Gasteiger charge is 2.37. The Kier molecular flexibility index (Phi) is 4.38. The third kappa shape index (κ3) is 3.23. The van der Waals surface area contributed by atoms with Gasteiger partial charge in [0.25, 0.3) is 0 Å². The van der Waals surface area contributed by atoms with Gasteiger partial charge in [0.1, 0.15) is 5.82 Å². The topological polar surface area (TPSA) is 75.4 Å². The van der Waals surface area contributed by atoms with E-state index in [1.54, 1.807) is 18.6 Å². The molecule has 2 aliphatic rings. The summed E-state index contributed by atoms with van der Waals surface area (Å²) in [6, 6.07) is 1.98. The number of carbonyl (C=O) groups excluding carboxylic acids is 1. The van der Waals surface area contributed by atoms with Gasteiger partial charge < -0.3 is 14.3 Å². The molecule has 2 saturated heterocycles. The normalized spacial score (nSPS) is 23.9. The van der Waals surface area contributed by atoms with Crippen LogP contribution in [0.2, 0.25) is 0 Å². The van der Waals surface area contributed by atoms with Crippen LogP contribution in [-0.2, 0) is 4.79 Å². The number of rotatable bonds is 3. The van der Waals surface area contributed by atoms with Crippen molar-refractivity contribution in [1.82, 2.24) is 20.0 Å². The van der Waals surface area contributed by atoms with E-state index < -0.39 is 0 Å². The molecule has 0 bridgehead atoms. The Morgan fingerprint density at radius 1 is 1.24 bits per heavy atom. The molecule has 0 N–H and O–H groups in total. The van der Waals surface area contributed by atoms with E-state index >= 15 is 0 Å². The summed E-state index contributed by atoms with van der Waals surface area (Å²) in [6.07, 6.45) is 9.01. The minimum absolute atomic E-state index is 0.000347. The zero-order chi connectivity index (χ0) is 17.2. The minimum atomic E-state index is 0.000347. The summed E-state index contributed by atoms with van der Waals surface area (Å²) < 4.78 is 5.43. The Balaban J connectivity index is 1.48. The first-order chi connectivity index (χ1) is 12.2. The van der Waals surface area contributed by atoms with Crippen molar-refractivity contribution in [3.8, 4) is 0 Å². The average Bonchev–Trinajstić information content (AvgIpc) is 3.30. The third-order valence-electron chi connectivity index (χ3n) is 5.15. The molecule has 4 heterocycles. The van der Waals surface area contributed by atoms with Crippen LogP contribution in [0.25, 0.3) is 0 Å². The van der Waals surface area contributed by atoms with Crippen LogP contribution in [0.15, 0.2) is 29.2 Å². The highest BCUT2D eigenvalue weighted by atomic mass is 16.5. The number of likely N-dealkylation sites (tertiary alicyclic amines) is 1. The number of anilines is 1. The average molecular weight is 341 g/mol. The number of aromatic nitrogens is 3. The Hall–Kier alpha value is -2.44. The lowest BCUT2D eigenvalue weighted by Crippen LogP contribution is -2.45. The van der Waals surface area contributed by atoms with Gasteiger partial charge in [-0.05, 0) is 32.6 Å². The number of hydrogen-bond acceptors (Lipinski definition) is 6. The predicted octanol–water partition coefficient (Wildman–Crippen LogP) is 2.35. The fraction of sp³-hybridized carbons (Fsp3) is 0.556. The van der Waals surface area contributed by atoms with E-state index in [0.717, 1.165) is 56.0 Å². The van der Waals surface area contributed by atoms with E-state index in [-0.39, 0.29) is 17.9 Å². The predicted molar refractivity (Wildman–Crippen MR) is 91.9 cm³/mol. The molecule has 7 nitrogen and oxygen atoms in total. The molecule has 2 fully saturated rings. The Morgan fingerprint density at radius 2 is 2.12 bits per heavy atom. The smallest absolute Gasteiger partial charge is 0.228 e. The van der Waals surface area contributed by atoms with E-state index in [1.165, 1.54) is 0 Å². The lowest BCUT2D eigenvalue weighted by Gasteiger charge is -2.35. The van der Waals surface area contributed by atoms with Gasteiger partial charge in [-0.25, -0.2) is 4.98 Å². The summed E-state index contributed by atoms with van der Waals surface area (Å²) in [6.45, 7) is 4.34. The molecule has 2 aromatic rings. The van der Waals surface area contributed by atoms with Gasteiger partial charge in [0, 0.05) is 38.1 Å². The molecule has 2 aliphatic heterocycles. The first-order valence-electron chi connectivity index (χ1n) is 8.97. The van der Waals surface area contributed by atoms with Crippen LogP contribution in [-0.4, -0.2) is 45.6 Å². The summed E-state index contributed by atoms with van der Waals surface area (Å²) in [4.78, 5) is 25.8. The molecular formula is C18H23N5O2. The van der Waals surface area contributed by atoms with Gasteiger partial charge in [0.05, 0.1) is 23.9 Å². The van der Waals surface area contributed by atoms with Crippen LogP contribution in [0.4, 0.5) is 5.82 Å². The molecule has 0 aromatic carbocycles. The van der Waals surface area contributed by atoms with Gasteiger partial charge in [-0.3, -0.25) is 9.78 Å². The highest BCUT2D eigenvalue weighted by Crippen LogP contribution is 2.35. The molecular weight excluding hydrogens is 318 g/mol. The van der Waals surface area contributed by atoms with Crippen molar-refractivity contribution in [1.29, 1.82) is 0 Å². The summed E-state index contributed by atoms with van der Waals surface area (Å²) >= 11 is 0. The van der Waals surface area contributed by atoms with Gasteiger partial charge in [-0.1, -0.05) is 5.16 Å². The Bertz CT molecular complexity index is 732. The van der Waals surface area contributed by atoms with Crippen molar-refractivity contribution >= 4 is 11.7 Å². The van der Waals surface area contributed by atoms with E-state index in [4.69, 9.17) is 4.52 Å². The van der Waals surface area contributed by atoms with E-state index in [1.807, 2.05) is 17.9 Å². The Labute approximate surface area is 147 Å². The van der Waals surface area contributed by atoms with Crippen LogP contribution in [0.5, 0.6) is 0 Å².